The molecule has 0 unspecified atom stereocenters. The molecule has 0 heterocycles. The number of benzene rings is 2. The molecule has 0 saturated carbocycles. The number of primary amides is 1. The number of hydrogen-bond donors (Lipinski definition) is 6. The summed E-state index contributed by atoms with van der Waals surface area (Å²) in [6.07, 6.45) is 1.12. The van der Waals surface area contributed by atoms with Crippen molar-refractivity contribution >= 4 is 29.4 Å². The second-order valence-corrected chi connectivity index (χ2v) is 8.54. The molecule has 0 aliphatic rings. The Labute approximate surface area is 205 Å². The summed E-state index contributed by atoms with van der Waals surface area (Å²) in [6, 6.07) is 13.5. The lowest BCUT2D eigenvalue weighted by atomic mass is 9.96. The van der Waals surface area contributed by atoms with E-state index in [1.807, 2.05) is 44.2 Å². The number of aliphatic imine (C=N–C) groups is 1. The highest BCUT2D eigenvalue weighted by molar-refractivity contribution is 5.93. The summed E-state index contributed by atoms with van der Waals surface area (Å²) in [6.45, 7) is 3.75. The highest BCUT2D eigenvalue weighted by Gasteiger charge is 2.30. The van der Waals surface area contributed by atoms with Crippen molar-refractivity contribution in [2.45, 2.75) is 51.2 Å². The lowest BCUT2D eigenvalue weighted by Gasteiger charge is -2.27. The number of nitrogens with zero attached hydrogens (tertiary/aromatic N) is 1. The van der Waals surface area contributed by atoms with E-state index >= 15 is 0 Å². The minimum Gasteiger partial charge on any atom is -0.370 e. The Kier molecular flexibility index (Phi) is 10.2. The van der Waals surface area contributed by atoms with Crippen molar-refractivity contribution in [2.24, 2.45) is 33.8 Å². The van der Waals surface area contributed by atoms with Gasteiger partial charge in [-0.15, -0.1) is 0 Å². The smallest absolute Gasteiger partial charge is 0.243 e. The lowest BCUT2D eigenvalue weighted by molar-refractivity contribution is -0.132. The zero-order chi connectivity index (χ0) is 26.0. The van der Waals surface area contributed by atoms with E-state index in [2.05, 4.69) is 15.6 Å². The standard InChI is InChI=1S/C25H35N7O3/c1-3-15(2)21(24(35)31-20(22(27)33)14-16-7-5-4-6-8-16)32-23(34)19(26)13-17-9-11-18(12-10-17)30-25(28)29/h4-12,15,19-21H,3,13-14,26H2,1-2H3,(H2,27,33)(H,31,35)(H,32,34)(H4,28,29,30)/t15-,19-,20-,21-/m0/s1. The second-order valence-electron chi connectivity index (χ2n) is 8.54. The maximum absolute atomic E-state index is 13.1. The van der Waals surface area contributed by atoms with Gasteiger partial charge in [0.15, 0.2) is 5.96 Å². The second kappa shape index (κ2) is 13.1. The number of nitrogens with one attached hydrogen (secondary N) is 2. The van der Waals surface area contributed by atoms with Gasteiger partial charge in [-0.05, 0) is 35.6 Å². The molecule has 0 spiro atoms. The molecule has 0 saturated heterocycles. The lowest BCUT2D eigenvalue weighted by Crippen LogP contribution is -2.57. The van der Waals surface area contributed by atoms with Gasteiger partial charge in [0.25, 0.3) is 0 Å². The molecular weight excluding hydrogens is 446 g/mol. The van der Waals surface area contributed by atoms with Crippen molar-refractivity contribution in [3.05, 3.63) is 65.7 Å². The van der Waals surface area contributed by atoms with Gasteiger partial charge in [-0.1, -0.05) is 62.7 Å². The number of carbonyl (C=O) groups is 3. The summed E-state index contributed by atoms with van der Waals surface area (Å²) in [5.41, 5.74) is 24.6. The van der Waals surface area contributed by atoms with Gasteiger partial charge in [0.05, 0.1) is 11.7 Å². The number of rotatable bonds is 12. The van der Waals surface area contributed by atoms with Crippen LogP contribution in [0, 0.1) is 5.92 Å². The number of guanidine groups is 1. The predicted molar refractivity (Wildman–Crippen MR) is 136 cm³/mol. The topological polar surface area (TPSA) is 192 Å². The van der Waals surface area contributed by atoms with Crippen molar-refractivity contribution < 1.29 is 14.4 Å². The van der Waals surface area contributed by atoms with Gasteiger partial charge in [-0.2, -0.15) is 0 Å². The Balaban J connectivity index is 2.06. The van der Waals surface area contributed by atoms with Crippen LogP contribution >= 0.6 is 0 Å². The molecular formula is C25H35N7O3. The molecule has 0 fully saturated rings. The van der Waals surface area contributed by atoms with Crippen LogP contribution in [0.25, 0.3) is 0 Å². The first-order valence-corrected chi connectivity index (χ1v) is 11.5. The Bertz CT molecular complexity index is 1020. The molecule has 10 nitrogen and oxygen atoms in total. The van der Waals surface area contributed by atoms with Crippen molar-refractivity contribution in [1.82, 2.24) is 10.6 Å². The van der Waals surface area contributed by atoms with Gasteiger partial charge in [0.2, 0.25) is 17.7 Å². The normalized spacial score (nSPS) is 14.1. The molecule has 0 radical (unpaired) electrons. The molecule has 10 N–H and O–H groups in total. The molecule has 2 aromatic rings. The summed E-state index contributed by atoms with van der Waals surface area (Å²) >= 11 is 0. The van der Waals surface area contributed by atoms with Gasteiger partial charge in [0.1, 0.15) is 12.1 Å². The Morgan fingerprint density at radius 2 is 1.46 bits per heavy atom. The Hall–Kier alpha value is -3.92. The summed E-state index contributed by atoms with van der Waals surface area (Å²) in [7, 11) is 0. The van der Waals surface area contributed by atoms with E-state index in [9.17, 15) is 14.4 Å². The SMILES string of the molecule is CC[C@H](C)[C@H](NC(=O)[C@@H](N)Cc1ccc(N=C(N)N)cc1)C(=O)N[C@@H](Cc1ccccc1)C(N)=O. The third-order valence-corrected chi connectivity index (χ3v) is 5.72. The molecule has 3 amide bonds. The molecule has 4 atom stereocenters. The van der Waals surface area contributed by atoms with Crippen molar-refractivity contribution in [2.75, 3.05) is 0 Å². The molecule has 35 heavy (non-hydrogen) atoms. The van der Waals surface area contributed by atoms with Crippen LogP contribution in [0.1, 0.15) is 31.4 Å². The average molecular weight is 482 g/mol. The van der Waals surface area contributed by atoms with Crippen molar-refractivity contribution in [3.63, 3.8) is 0 Å². The van der Waals surface area contributed by atoms with E-state index in [-0.39, 0.29) is 24.7 Å². The molecule has 0 aliphatic heterocycles. The van der Waals surface area contributed by atoms with E-state index in [1.54, 1.807) is 24.3 Å². The fourth-order valence-electron chi connectivity index (χ4n) is 3.50. The van der Waals surface area contributed by atoms with Gasteiger partial charge in [-0.25, -0.2) is 4.99 Å². The fraction of sp³-hybridized carbons (Fsp3) is 0.360. The number of nitrogens with two attached hydrogens (primary N) is 4. The van der Waals surface area contributed by atoms with Crippen LogP contribution in [0.5, 0.6) is 0 Å². The summed E-state index contributed by atoms with van der Waals surface area (Å²) in [5.74, 6) is -1.86. The van der Waals surface area contributed by atoms with E-state index in [1.165, 1.54) is 0 Å². The van der Waals surface area contributed by atoms with Gasteiger partial charge < -0.3 is 33.6 Å². The third-order valence-electron chi connectivity index (χ3n) is 5.72. The number of carbonyl (C=O) groups excluding carboxylic acids is 3. The van der Waals surface area contributed by atoms with Gasteiger partial charge in [-0.3, -0.25) is 14.4 Å². The molecule has 2 aromatic carbocycles. The number of amides is 3. The van der Waals surface area contributed by atoms with Crippen LogP contribution in [0.2, 0.25) is 0 Å². The molecule has 2 rings (SSSR count). The monoisotopic (exact) mass is 481 g/mol. The third kappa shape index (κ3) is 8.74. The van der Waals surface area contributed by atoms with Gasteiger partial charge >= 0.3 is 0 Å². The highest BCUT2D eigenvalue weighted by Crippen LogP contribution is 2.14. The minimum atomic E-state index is -0.911. The average Bonchev–Trinajstić information content (AvgIpc) is 2.82. The predicted octanol–water partition coefficient (Wildman–Crippen LogP) is 0.205. The molecule has 0 bridgehead atoms. The van der Waals surface area contributed by atoms with Crippen LogP contribution in [0.15, 0.2) is 59.6 Å². The maximum Gasteiger partial charge on any atom is 0.243 e. The van der Waals surface area contributed by atoms with Crippen LogP contribution in [-0.4, -0.2) is 41.8 Å². The van der Waals surface area contributed by atoms with Crippen molar-refractivity contribution in [3.8, 4) is 0 Å². The van der Waals surface area contributed by atoms with Crippen molar-refractivity contribution in [1.29, 1.82) is 0 Å². The van der Waals surface area contributed by atoms with E-state index in [4.69, 9.17) is 22.9 Å². The molecule has 0 aliphatic carbocycles. The first-order chi connectivity index (χ1) is 16.6. The highest BCUT2D eigenvalue weighted by atomic mass is 16.2. The number of hydrogen-bond acceptors (Lipinski definition) is 5. The molecule has 0 aromatic heterocycles. The Morgan fingerprint density at radius 3 is 2.00 bits per heavy atom. The first-order valence-electron chi connectivity index (χ1n) is 11.5. The maximum atomic E-state index is 13.1. The fourth-order valence-corrected chi connectivity index (χ4v) is 3.50. The largest absolute Gasteiger partial charge is 0.370 e. The molecule has 188 valence electrons. The summed E-state index contributed by atoms with van der Waals surface area (Å²) in [5, 5.41) is 5.44. The van der Waals surface area contributed by atoms with Crippen LogP contribution in [-0.2, 0) is 27.2 Å². The van der Waals surface area contributed by atoms with E-state index in [0.717, 1.165) is 11.1 Å². The quantitative estimate of drug-likeness (QED) is 0.185. The first kappa shape index (κ1) is 27.3. The zero-order valence-electron chi connectivity index (χ0n) is 20.1. The van der Waals surface area contributed by atoms with E-state index in [0.29, 0.717) is 12.1 Å². The summed E-state index contributed by atoms with van der Waals surface area (Å²) in [4.78, 5) is 41.9. The molecule has 10 heteroatoms. The van der Waals surface area contributed by atoms with Crippen LogP contribution < -0.4 is 33.6 Å². The van der Waals surface area contributed by atoms with Gasteiger partial charge in [0, 0.05) is 6.42 Å². The van der Waals surface area contributed by atoms with Crippen LogP contribution in [0.3, 0.4) is 0 Å². The summed E-state index contributed by atoms with van der Waals surface area (Å²) < 4.78 is 0. The zero-order valence-corrected chi connectivity index (χ0v) is 20.1. The minimum absolute atomic E-state index is 0.0504. The van der Waals surface area contributed by atoms with E-state index < -0.39 is 35.8 Å². The van der Waals surface area contributed by atoms with Crippen LogP contribution in [0.4, 0.5) is 5.69 Å². The Morgan fingerprint density at radius 1 is 0.857 bits per heavy atom.